The van der Waals surface area contributed by atoms with Crippen LogP contribution in [-0.4, -0.2) is 82.0 Å². The van der Waals surface area contributed by atoms with Crippen molar-refractivity contribution in [2.45, 2.75) is 67.3 Å². The van der Waals surface area contributed by atoms with Gasteiger partial charge in [-0.1, -0.05) is 82.1 Å². The van der Waals surface area contributed by atoms with Crippen molar-refractivity contribution in [3.8, 4) is 0 Å². The smallest absolute Gasteiger partial charge is 0.313 e. The fourth-order valence-corrected chi connectivity index (χ4v) is 8.53. The molecule has 3 heterocycles. The number of carbonyl (C=O) groups excluding carboxylic acids is 4. The summed E-state index contributed by atoms with van der Waals surface area (Å²) < 4.78 is 12.9. The number of esters is 1. The maximum absolute atomic E-state index is 14.7. The Hall–Kier alpha value is -3.51. The lowest BCUT2D eigenvalue weighted by Gasteiger charge is -2.37. The van der Waals surface area contributed by atoms with Gasteiger partial charge in [0.2, 0.25) is 11.8 Å². The van der Waals surface area contributed by atoms with Gasteiger partial charge in [0.1, 0.15) is 17.7 Å². The molecule has 1 spiro atoms. The topological polar surface area (TPSA) is 125 Å². The van der Waals surface area contributed by atoms with Gasteiger partial charge in [-0.15, -0.1) is 13.2 Å². The first kappa shape index (κ1) is 35.8. The van der Waals surface area contributed by atoms with Crippen LogP contribution in [0.25, 0.3) is 0 Å². The Balaban J connectivity index is 1.50. The van der Waals surface area contributed by atoms with E-state index in [4.69, 9.17) is 21.1 Å². The highest BCUT2D eigenvalue weighted by atomic mass is 79.9. The Morgan fingerprint density at radius 3 is 2.56 bits per heavy atom. The first-order valence-corrected chi connectivity index (χ1v) is 17.4. The molecule has 2 aromatic carbocycles. The van der Waals surface area contributed by atoms with Crippen LogP contribution in [0.2, 0.25) is 5.02 Å². The van der Waals surface area contributed by atoms with Crippen LogP contribution in [0.4, 0.5) is 5.69 Å². The maximum Gasteiger partial charge on any atom is 0.313 e. The number of allylic oxidation sites excluding steroid dienone is 1. The van der Waals surface area contributed by atoms with Gasteiger partial charge in [-0.2, -0.15) is 0 Å². The zero-order valence-corrected chi connectivity index (χ0v) is 29.1. The van der Waals surface area contributed by atoms with Crippen molar-refractivity contribution in [1.29, 1.82) is 0 Å². The molecule has 0 aromatic heterocycles. The average molecular weight is 743 g/mol. The number of likely N-dealkylation sites (tertiary alicyclic amines) is 1. The Kier molecular flexibility index (Phi) is 11.5. The minimum Gasteiger partial charge on any atom is -0.455 e. The second-order valence-electron chi connectivity index (χ2n) is 12.4. The third-order valence-corrected chi connectivity index (χ3v) is 10.5. The molecule has 3 aliphatic rings. The minimum absolute atomic E-state index is 0.0810. The van der Waals surface area contributed by atoms with E-state index < -0.39 is 59.5 Å². The SMILES string of the molecule is C=CCCC(=O)N[C@H](C)[C@@H](OC(=O)[C@H]1[C@@H]2O[C@@]3(CC2Br)[C@@H]1C(=O)N(CCCO)[C@@H]3C(=O)N(CC=C)c1ccccc1Cl)c1ccccc1. The quantitative estimate of drug-likeness (QED) is 0.154. The number of nitrogens with one attached hydrogen (secondary N) is 1. The number of benzene rings is 2. The van der Waals surface area contributed by atoms with Crippen LogP contribution in [0.1, 0.15) is 44.3 Å². The molecule has 1 unspecified atom stereocenters. The van der Waals surface area contributed by atoms with Crippen molar-refractivity contribution in [2.24, 2.45) is 11.8 Å². The summed E-state index contributed by atoms with van der Waals surface area (Å²) in [6.45, 7) is 9.25. The molecule has 3 saturated heterocycles. The van der Waals surface area contributed by atoms with E-state index in [-0.39, 0.29) is 43.3 Å². The lowest BCUT2D eigenvalue weighted by molar-refractivity contribution is -0.162. The van der Waals surface area contributed by atoms with E-state index in [9.17, 15) is 24.3 Å². The zero-order valence-electron chi connectivity index (χ0n) is 26.8. The van der Waals surface area contributed by atoms with Crippen LogP contribution in [0.3, 0.4) is 0 Å². The third-order valence-electron chi connectivity index (χ3n) is 9.36. The summed E-state index contributed by atoms with van der Waals surface area (Å²) in [7, 11) is 0. The number of para-hydroxylation sites is 1. The average Bonchev–Trinajstić information content (AvgIpc) is 3.67. The minimum atomic E-state index is -1.35. The number of nitrogens with zero attached hydrogens (tertiary/aromatic N) is 2. The molecule has 256 valence electrons. The number of aliphatic hydroxyl groups excluding tert-OH is 1. The zero-order chi connectivity index (χ0) is 34.6. The monoisotopic (exact) mass is 741 g/mol. The summed E-state index contributed by atoms with van der Waals surface area (Å²) in [6.07, 6.45) is 2.89. The first-order valence-electron chi connectivity index (χ1n) is 16.1. The number of hydrogen-bond donors (Lipinski definition) is 2. The van der Waals surface area contributed by atoms with Crippen LogP contribution in [0.5, 0.6) is 0 Å². The molecule has 2 aromatic rings. The molecule has 8 atom stereocenters. The van der Waals surface area contributed by atoms with Crippen LogP contribution >= 0.6 is 27.5 Å². The first-order chi connectivity index (χ1) is 23.1. The second kappa shape index (κ2) is 15.4. The molecule has 5 rings (SSSR count). The number of hydrogen-bond acceptors (Lipinski definition) is 7. The van der Waals surface area contributed by atoms with Crippen molar-refractivity contribution >= 4 is 56.9 Å². The molecule has 48 heavy (non-hydrogen) atoms. The van der Waals surface area contributed by atoms with E-state index in [1.54, 1.807) is 43.3 Å². The molecule has 10 nitrogen and oxygen atoms in total. The molecule has 0 saturated carbocycles. The highest BCUT2D eigenvalue weighted by Gasteiger charge is 2.77. The molecular weight excluding hydrogens is 702 g/mol. The molecular formula is C36H41BrClN3O7. The van der Waals surface area contributed by atoms with Gasteiger partial charge in [-0.3, -0.25) is 19.2 Å². The van der Waals surface area contributed by atoms with E-state index in [0.29, 0.717) is 29.1 Å². The summed E-state index contributed by atoms with van der Waals surface area (Å²) in [4.78, 5) is 58.6. The number of halogens is 2. The van der Waals surface area contributed by atoms with Gasteiger partial charge in [0.25, 0.3) is 5.91 Å². The van der Waals surface area contributed by atoms with Crippen molar-refractivity contribution in [1.82, 2.24) is 10.2 Å². The Morgan fingerprint density at radius 2 is 1.90 bits per heavy atom. The Labute approximate surface area is 294 Å². The standard InChI is InChI=1S/C36H41BrClN3O7/c1-4-6-17-27(43)39-22(3)30(23-13-8-7-9-14-23)47-35(46)28-29-33(44)41(19-12-20-42)32(36(29)21-24(37)31(28)48-36)34(45)40(18-5-2)26-16-11-10-15-25(26)38/h4-5,7-11,13-16,22,24,28-32,42H,1-2,6,12,17-21H2,3H3,(H,39,43)/t22-,24?,28-,29+,30-,31-,32-,36+/m1/s1. The van der Waals surface area contributed by atoms with E-state index in [1.807, 2.05) is 30.3 Å². The molecule has 2 bridgehead atoms. The lowest BCUT2D eigenvalue weighted by Crippen LogP contribution is -2.57. The van der Waals surface area contributed by atoms with Crippen molar-refractivity contribution < 1.29 is 33.8 Å². The summed E-state index contributed by atoms with van der Waals surface area (Å²) in [5.74, 6) is -3.75. The number of anilines is 1. The van der Waals surface area contributed by atoms with Gasteiger partial charge in [0.15, 0.2) is 0 Å². The summed E-state index contributed by atoms with van der Waals surface area (Å²) >= 11 is 10.2. The van der Waals surface area contributed by atoms with Crippen LogP contribution in [-0.2, 0) is 28.7 Å². The maximum atomic E-state index is 14.7. The summed E-state index contributed by atoms with van der Waals surface area (Å²) in [5, 5.41) is 13.0. The van der Waals surface area contributed by atoms with E-state index >= 15 is 0 Å². The van der Waals surface area contributed by atoms with Gasteiger partial charge in [0.05, 0.1) is 34.7 Å². The number of fused-ring (bicyclic) bond motifs is 1. The Bertz CT molecular complexity index is 1540. The highest BCUT2D eigenvalue weighted by molar-refractivity contribution is 9.09. The number of aliphatic hydroxyl groups is 1. The van der Waals surface area contributed by atoms with Crippen LogP contribution in [0.15, 0.2) is 79.9 Å². The van der Waals surface area contributed by atoms with Gasteiger partial charge in [0, 0.05) is 30.9 Å². The predicted molar refractivity (Wildman–Crippen MR) is 185 cm³/mol. The van der Waals surface area contributed by atoms with E-state index in [1.165, 1.54) is 9.80 Å². The number of alkyl halides is 1. The fraction of sp³-hybridized carbons (Fsp3) is 0.444. The highest BCUT2D eigenvalue weighted by Crippen LogP contribution is 2.60. The molecule has 3 amide bonds. The third kappa shape index (κ3) is 6.70. The van der Waals surface area contributed by atoms with E-state index in [0.717, 1.165) is 0 Å². The summed E-state index contributed by atoms with van der Waals surface area (Å²) in [6, 6.07) is 14.3. The second-order valence-corrected chi connectivity index (χ2v) is 14.0. The number of amides is 3. The molecule has 2 N–H and O–H groups in total. The molecule has 0 aliphatic carbocycles. The summed E-state index contributed by atoms with van der Waals surface area (Å²) in [5.41, 5.74) is -0.224. The predicted octanol–water partition coefficient (Wildman–Crippen LogP) is 4.74. The normalized spacial score (nSPS) is 26.8. The van der Waals surface area contributed by atoms with Crippen molar-refractivity contribution in [3.05, 3.63) is 90.5 Å². The van der Waals surface area contributed by atoms with Crippen molar-refractivity contribution in [3.63, 3.8) is 0 Å². The molecule has 3 fully saturated rings. The van der Waals surface area contributed by atoms with Gasteiger partial charge in [-0.05, 0) is 43.9 Å². The lowest BCUT2D eigenvalue weighted by atomic mass is 9.70. The van der Waals surface area contributed by atoms with Crippen LogP contribution < -0.4 is 10.2 Å². The number of ether oxygens (including phenoxy) is 2. The largest absolute Gasteiger partial charge is 0.455 e. The van der Waals surface area contributed by atoms with E-state index in [2.05, 4.69) is 34.4 Å². The van der Waals surface area contributed by atoms with Gasteiger partial charge < -0.3 is 29.7 Å². The molecule has 12 heteroatoms. The molecule has 0 radical (unpaired) electrons. The van der Waals surface area contributed by atoms with Gasteiger partial charge >= 0.3 is 5.97 Å². The molecule has 3 aliphatic heterocycles. The van der Waals surface area contributed by atoms with Crippen LogP contribution in [0, 0.1) is 11.8 Å². The number of rotatable bonds is 15. The fourth-order valence-electron chi connectivity index (χ4n) is 7.35. The van der Waals surface area contributed by atoms with Crippen molar-refractivity contribution in [2.75, 3.05) is 24.6 Å². The Morgan fingerprint density at radius 1 is 1.19 bits per heavy atom. The van der Waals surface area contributed by atoms with Gasteiger partial charge in [-0.25, -0.2) is 0 Å². The number of carbonyl (C=O) groups is 4.